The van der Waals surface area contributed by atoms with Gasteiger partial charge in [-0.15, -0.1) is 0 Å². The van der Waals surface area contributed by atoms with E-state index in [4.69, 9.17) is 0 Å². The first kappa shape index (κ1) is 13.8. The van der Waals surface area contributed by atoms with Crippen LogP contribution in [0.25, 0.3) is 6.08 Å². The van der Waals surface area contributed by atoms with Gasteiger partial charge in [0.15, 0.2) is 0 Å². The summed E-state index contributed by atoms with van der Waals surface area (Å²) in [5.41, 5.74) is 3.89. The molecule has 1 N–H and O–H groups in total. The van der Waals surface area contributed by atoms with Crippen LogP contribution in [0.4, 0.5) is 0 Å². The Morgan fingerprint density at radius 1 is 0.955 bits per heavy atom. The van der Waals surface area contributed by atoms with Gasteiger partial charge >= 0.3 is 0 Å². The second-order valence-electron chi connectivity index (χ2n) is 4.72. The summed E-state index contributed by atoms with van der Waals surface area (Å²) in [5, 5.41) is 0.743. The van der Waals surface area contributed by atoms with E-state index in [2.05, 4.69) is 12.0 Å². The highest BCUT2D eigenvalue weighted by Gasteiger charge is 2.36. The molecular weight excluding hydrogens is 280 g/mol. The lowest BCUT2D eigenvalue weighted by atomic mass is 10.1. The van der Waals surface area contributed by atoms with Gasteiger partial charge in [-0.3, -0.25) is 19.8 Å². The topological polar surface area (TPSA) is 66.5 Å². The standard InChI is InChI=1S/C17H12N2O3/c1-2-11-7-3-4-8-12(11)15(20)18-19-16(21)13-9-5-6-10-14(13)17(19)22/h2-10H,1H2,(H,18,20). The summed E-state index contributed by atoms with van der Waals surface area (Å²) in [6.07, 6.45) is 1.54. The fourth-order valence-corrected chi connectivity index (χ4v) is 2.33. The summed E-state index contributed by atoms with van der Waals surface area (Å²) >= 11 is 0. The Hall–Kier alpha value is -3.21. The Morgan fingerprint density at radius 2 is 1.50 bits per heavy atom. The minimum atomic E-state index is -0.537. The second kappa shape index (κ2) is 5.29. The van der Waals surface area contributed by atoms with Crippen molar-refractivity contribution in [3.63, 3.8) is 0 Å². The molecule has 2 aromatic rings. The predicted octanol–water partition coefficient (Wildman–Crippen LogP) is 2.27. The molecule has 1 aliphatic heterocycles. The molecule has 5 nitrogen and oxygen atoms in total. The van der Waals surface area contributed by atoms with Crippen molar-refractivity contribution >= 4 is 23.8 Å². The Balaban J connectivity index is 1.89. The molecule has 3 amide bonds. The Kier molecular flexibility index (Phi) is 3.31. The molecule has 5 heteroatoms. The summed E-state index contributed by atoms with van der Waals surface area (Å²) in [4.78, 5) is 36.7. The van der Waals surface area contributed by atoms with E-state index in [1.165, 1.54) is 6.08 Å². The van der Waals surface area contributed by atoms with Gasteiger partial charge in [0.2, 0.25) is 0 Å². The second-order valence-corrected chi connectivity index (χ2v) is 4.72. The lowest BCUT2D eigenvalue weighted by Crippen LogP contribution is -2.46. The smallest absolute Gasteiger partial charge is 0.267 e. The van der Waals surface area contributed by atoms with Crippen LogP contribution < -0.4 is 5.43 Å². The van der Waals surface area contributed by atoms with Crippen molar-refractivity contribution in [1.82, 2.24) is 10.4 Å². The predicted molar refractivity (Wildman–Crippen MR) is 80.9 cm³/mol. The van der Waals surface area contributed by atoms with Crippen LogP contribution in [-0.4, -0.2) is 22.7 Å². The van der Waals surface area contributed by atoms with E-state index in [1.807, 2.05) is 0 Å². The third-order valence-corrected chi connectivity index (χ3v) is 3.43. The van der Waals surface area contributed by atoms with Crippen LogP contribution in [0.3, 0.4) is 0 Å². The largest absolute Gasteiger partial charge is 0.280 e. The SMILES string of the molecule is C=Cc1ccccc1C(=O)NN1C(=O)c2ccccc2C1=O. The molecule has 1 aliphatic rings. The van der Waals surface area contributed by atoms with Crippen LogP contribution >= 0.6 is 0 Å². The maximum Gasteiger partial charge on any atom is 0.280 e. The van der Waals surface area contributed by atoms with Gasteiger partial charge in [0.05, 0.1) is 11.1 Å². The van der Waals surface area contributed by atoms with E-state index in [9.17, 15) is 14.4 Å². The van der Waals surface area contributed by atoms with E-state index in [0.717, 1.165) is 5.01 Å². The minimum Gasteiger partial charge on any atom is -0.267 e. The summed E-state index contributed by atoms with van der Waals surface area (Å²) in [6.45, 7) is 3.64. The highest BCUT2D eigenvalue weighted by atomic mass is 16.2. The highest BCUT2D eigenvalue weighted by Crippen LogP contribution is 2.21. The lowest BCUT2D eigenvalue weighted by molar-refractivity contribution is 0.0518. The van der Waals surface area contributed by atoms with Gasteiger partial charge in [-0.05, 0) is 23.8 Å². The van der Waals surface area contributed by atoms with Crippen LogP contribution in [0, 0.1) is 0 Å². The quantitative estimate of drug-likeness (QED) is 0.882. The molecule has 0 saturated heterocycles. The summed E-state index contributed by atoms with van der Waals surface area (Å²) in [6, 6.07) is 13.2. The number of hydrogen-bond acceptors (Lipinski definition) is 3. The third kappa shape index (κ3) is 2.09. The zero-order valence-electron chi connectivity index (χ0n) is 11.6. The first-order valence-corrected chi connectivity index (χ1v) is 6.63. The number of nitrogens with zero attached hydrogens (tertiary/aromatic N) is 1. The number of hydrazine groups is 1. The summed E-state index contributed by atoms with van der Waals surface area (Å²) in [7, 11) is 0. The number of imide groups is 1. The number of amides is 3. The number of fused-ring (bicyclic) bond motifs is 1. The van der Waals surface area contributed by atoms with Gasteiger partial charge in [-0.2, -0.15) is 5.01 Å². The van der Waals surface area contributed by atoms with Gasteiger partial charge in [0.25, 0.3) is 17.7 Å². The molecule has 0 fully saturated rings. The van der Waals surface area contributed by atoms with Crippen molar-refractivity contribution in [1.29, 1.82) is 0 Å². The van der Waals surface area contributed by atoms with Crippen LogP contribution in [-0.2, 0) is 0 Å². The first-order chi connectivity index (χ1) is 10.6. The van der Waals surface area contributed by atoms with Gasteiger partial charge in [-0.25, -0.2) is 0 Å². The van der Waals surface area contributed by atoms with Gasteiger partial charge in [-0.1, -0.05) is 43.0 Å². The molecule has 0 aromatic heterocycles. The van der Waals surface area contributed by atoms with Crippen LogP contribution in [0.1, 0.15) is 36.6 Å². The number of carbonyl (C=O) groups excluding carboxylic acids is 3. The van der Waals surface area contributed by atoms with E-state index in [1.54, 1.807) is 48.5 Å². The zero-order chi connectivity index (χ0) is 15.7. The molecule has 0 radical (unpaired) electrons. The average Bonchev–Trinajstić information content (AvgIpc) is 2.80. The van der Waals surface area contributed by atoms with Crippen molar-refractivity contribution in [3.8, 4) is 0 Å². The maximum absolute atomic E-state index is 12.3. The molecule has 108 valence electrons. The monoisotopic (exact) mass is 292 g/mol. The Morgan fingerprint density at radius 3 is 2.09 bits per heavy atom. The molecule has 0 bridgehead atoms. The molecule has 2 aromatic carbocycles. The number of rotatable bonds is 3. The zero-order valence-corrected chi connectivity index (χ0v) is 11.6. The van der Waals surface area contributed by atoms with Gasteiger partial charge in [0.1, 0.15) is 0 Å². The van der Waals surface area contributed by atoms with Crippen molar-refractivity contribution in [2.24, 2.45) is 0 Å². The number of hydrogen-bond donors (Lipinski definition) is 1. The van der Waals surface area contributed by atoms with Crippen molar-refractivity contribution in [2.45, 2.75) is 0 Å². The molecule has 0 aliphatic carbocycles. The molecule has 3 rings (SSSR count). The van der Waals surface area contributed by atoms with Crippen LogP contribution in [0.15, 0.2) is 55.1 Å². The molecular formula is C17H12N2O3. The lowest BCUT2D eigenvalue weighted by Gasteiger charge is -2.15. The molecule has 0 unspecified atom stereocenters. The van der Waals surface area contributed by atoms with E-state index < -0.39 is 17.7 Å². The Labute approximate surface area is 126 Å². The molecule has 0 spiro atoms. The molecule has 0 atom stereocenters. The van der Waals surface area contributed by atoms with E-state index in [-0.39, 0.29) is 11.1 Å². The number of nitrogens with one attached hydrogen (secondary N) is 1. The summed E-state index contributed by atoms with van der Waals surface area (Å²) in [5.74, 6) is -1.61. The fourth-order valence-electron chi connectivity index (χ4n) is 2.33. The van der Waals surface area contributed by atoms with E-state index >= 15 is 0 Å². The number of benzene rings is 2. The number of carbonyl (C=O) groups is 3. The van der Waals surface area contributed by atoms with Crippen molar-refractivity contribution < 1.29 is 14.4 Å². The third-order valence-electron chi connectivity index (χ3n) is 3.43. The van der Waals surface area contributed by atoms with Crippen LogP contribution in [0.5, 0.6) is 0 Å². The van der Waals surface area contributed by atoms with Crippen molar-refractivity contribution in [2.75, 3.05) is 0 Å². The molecule has 1 heterocycles. The minimum absolute atomic E-state index is 0.282. The van der Waals surface area contributed by atoms with E-state index in [0.29, 0.717) is 11.1 Å². The average molecular weight is 292 g/mol. The van der Waals surface area contributed by atoms with Gasteiger partial charge in [0, 0.05) is 5.56 Å². The normalized spacial score (nSPS) is 13.0. The highest BCUT2D eigenvalue weighted by molar-refractivity contribution is 6.22. The molecule has 22 heavy (non-hydrogen) atoms. The van der Waals surface area contributed by atoms with Gasteiger partial charge < -0.3 is 0 Å². The Bertz CT molecular complexity index is 776. The maximum atomic E-state index is 12.3. The van der Waals surface area contributed by atoms with Crippen molar-refractivity contribution in [3.05, 3.63) is 77.4 Å². The summed E-state index contributed by atoms with van der Waals surface area (Å²) < 4.78 is 0. The molecule has 0 saturated carbocycles. The van der Waals surface area contributed by atoms with Crippen LogP contribution in [0.2, 0.25) is 0 Å². The first-order valence-electron chi connectivity index (χ1n) is 6.63. The fraction of sp³-hybridized carbons (Fsp3) is 0.